The van der Waals surface area contributed by atoms with E-state index in [4.69, 9.17) is 14.2 Å². The Kier molecular flexibility index (Phi) is 7.17. The van der Waals surface area contributed by atoms with E-state index in [-0.39, 0.29) is 21.9 Å². The van der Waals surface area contributed by atoms with Crippen LogP contribution in [0.5, 0.6) is 28.9 Å². The lowest BCUT2D eigenvalue weighted by molar-refractivity contribution is 0.378. The molecule has 0 saturated heterocycles. The first-order valence-electron chi connectivity index (χ1n) is 11.3. The van der Waals surface area contributed by atoms with Crippen molar-refractivity contribution in [2.24, 2.45) is 0 Å². The molecule has 4 aromatic rings. The van der Waals surface area contributed by atoms with Crippen molar-refractivity contribution in [2.45, 2.75) is 31.1 Å². The van der Waals surface area contributed by atoms with E-state index < -0.39 is 10.0 Å². The molecule has 0 aliphatic carbocycles. The van der Waals surface area contributed by atoms with Gasteiger partial charge in [0.1, 0.15) is 17.2 Å². The number of sulfonamides is 1. The maximum absolute atomic E-state index is 13.3. The number of aromatic nitrogens is 1. The minimum absolute atomic E-state index is 0.0276. The third-order valence-electron chi connectivity index (χ3n) is 5.33. The van der Waals surface area contributed by atoms with E-state index in [0.717, 1.165) is 5.56 Å². The Morgan fingerprint density at radius 3 is 2.19 bits per heavy atom. The largest absolute Gasteiger partial charge is 0.493 e. The van der Waals surface area contributed by atoms with Crippen LogP contribution in [0.2, 0.25) is 0 Å². The molecule has 0 amide bonds. The van der Waals surface area contributed by atoms with Crippen molar-refractivity contribution >= 4 is 15.7 Å². The fourth-order valence-electron chi connectivity index (χ4n) is 3.57. The predicted molar refractivity (Wildman–Crippen MR) is 140 cm³/mol. The highest BCUT2D eigenvalue weighted by Gasteiger charge is 2.22. The molecule has 36 heavy (non-hydrogen) atoms. The Morgan fingerprint density at radius 2 is 1.47 bits per heavy atom. The molecule has 1 aromatic heterocycles. The van der Waals surface area contributed by atoms with Crippen molar-refractivity contribution in [1.29, 1.82) is 0 Å². The minimum atomic E-state index is -3.98. The Labute approximate surface area is 211 Å². The van der Waals surface area contributed by atoms with Crippen LogP contribution in [-0.2, 0) is 15.4 Å². The molecule has 0 unspecified atom stereocenters. The first-order valence-corrected chi connectivity index (χ1v) is 12.8. The van der Waals surface area contributed by atoms with Crippen LogP contribution in [0.3, 0.4) is 0 Å². The minimum Gasteiger partial charge on any atom is -0.493 e. The number of pyridine rings is 1. The van der Waals surface area contributed by atoms with Gasteiger partial charge in [-0.15, -0.1) is 0 Å². The summed E-state index contributed by atoms with van der Waals surface area (Å²) in [5.41, 5.74) is 1.02. The van der Waals surface area contributed by atoms with Gasteiger partial charge in [0.15, 0.2) is 11.5 Å². The van der Waals surface area contributed by atoms with E-state index in [1.807, 2.05) is 36.4 Å². The smallest absolute Gasteiger partial charge is 0.262 e. The number of anilines is 1. The topological polar surface area (TPSA) is 86.8 Å². The lowest BCUT2D eigenvalue weighted by Gasteiger charge is -2.22. The zero-order valence-corrected chi connectivity index (χ0v) is 21.4. The molecule has 3 aromatic carbocycles. The molecule has 0 aliphatic heterocycles. The van der Waals surface area contributed by atoms with Gasteiger partial charge >= 0.3 is 0 Å². The second-order valence-electron chi connectivity index (χ2n) is 9.04. The van der Waals surface area contributed by atoms with Gasteiger partial charge in [-0.1, -0.05) is 57.2 Å². The average molecular weight is 505 g/mol. The molecule has 0 fully saturated rings. The van der Waals surface area contributed by atoms with Crippen LogP contribution >= 0.6 is 0 Å². The summed E-state index contributed by atoms with van der Waals surface area (Å²) in [6.07, 6.45) is 1.55. The molecule has 8 heteroatoms. The number of rotatable bonds is 8. The molecule has 0 spiro atoms. The zero-order chi connectivity index (χ0) is 25.8. The number of methoxy groups -OCH3 is 1. The van der Waals surface area contributed by atoms with Crippen LogP contribution < -0.4 is 18.9 Å². The summed E-state index contributed by atoms with van der Waals surface area (Å²) in [5.74, 6) is 2.12. The van der Waals surface area contributed by atoms with Gasteiger partial charge < -0.3 is 14.2 Å². The second-order valence-corrected chi connectivity index (χ2v) is 10.7. The highest BCUT2D eigenvalue weighted by Crippen LogP contribution is 2.36. The fraction of sp³-hybridized carbons (Fsp3) is 0.179. The maximum atomic E-state index is 13.3. The van der Waals surface area contributed by atoms with Gasteiger partial charge in [-0.25, -0.2) is 13.4 Å². The van der Waals surface area contributed by atoms with E-state index in [1.165, 1.54) is 12.1 Å². The quantitative estimate of drug-likeness (QED) is 0.285. The van der Waals surface area contributed by atoms with E-state index in [0.29, 0.717) is 23.0 Å². The second kappa shape index (κ2) is 10.3. The Hall–Kier alpha value is -4.04. The highest BCUT2D eigenvalue weighted by molar-refractivity contribution is 7.92. The van der Waals surface area contributed by atoms with Crippen LogP contribution in [-0.4, -0.2) is 20.5 Å². The summed E-state index contributed by atoms with van der Waals surface area (Å²) in [5, 5.41) is 0. The summed E-state index contributed by atoms with van der Waals surface area (Å²) < 4.78 is 46.5. The number of nitrogens with one attached hydrogen (secondary N) is 1. The summed E-state index contributed by atoms with van der Waals surface area (Å²) in [6, 6.07) is 24.2. The Morgan fingerprint density at radius 1 is 0.778 bits per heavy atom. The van der Waals surface area contributed by atoms with E-state index in [1.54, 1.807) is 49.7 Å². The SMILES string of the molecule is COc1ccccc1Oc1cccc(S(=O)(=O)Nc2cccnc2Oc2ccccc2C(C)(C)C)c1. The van der Waals surface area contributed by atoms with Crippen molar-refractivity contribution in [2.75, 3.05) is 11.8 Å². The van der Waals surface area contributed by atoms with Crippen LogP contribution in [0.4, 0.5) is 5.69 Å². The van der Waals surface area contributed by atoms with Crippen LogP contribution in [0.25, 0.3) is 0 Å². The highest BCUT2D eigenvalue weighted by atomic mass is 32.2. The van der Waals surface area contributed by atoms with Crippen molar-refractivity contribution in [1.82, 2.24) is 4.98 Å². The van der Waals surface area contributed by atoms with Crippen LogP contribution in [0.15, 0.2) is 96.0 Å². The molecule has 4 rings (SSSR count). The molecule has 186 valence electrons. The lowest BCUT2D eigenvalue weighted by atomic mass is 9.86. The summed E-state index contributed by atoms with van der Waals surface area (Å²) in [7, 11) is -2.44. The number of nitrogens with zero attached hydrogens (tertiary/aromatic N) is 1. The van der Waals surface area contributed by atoms with Crippen molar-refractivity contribution < 1.29 is 22.6 Å². The first-order chi connectivity index (χ1) is 17.2. The maximum Gasteiger partial charge on any atom is 0.262 e. The fourth-order valence-corrected chi connectivity index (χ4v) is 4.66. The third-order valence-corrected chi connectivity index (χ3v) is 6.69. The molecule has 0 radical (unpaired) electrons. The lowest BCUT2D eigenvalue weighted by Crippen LogP contribution is -2.15. The molecule has 0 bridgehead atoms. The van der Waals surface area contributed by atoms with E-state index >= 15 is 0 Å². The first kappa shape index (κ1) is 25.1. The average Bonchev–Trinajstić information content (AvgIpc) is 2.85. The van der Waals surface area contributed by atoms with Gasteiger partial charge in [0.05, 0.1) is 12.0 Å². The van der Waals surface area contributed by atoms with Crippen molar-refractivity contribution in [3.8, 4) is 28.9 Å². The number of ether oxygens (including phenoxy) is 3. The molecule has 0 saturated carbocycles. The zero-order valence-electron chi connectivity index (χ0n) is 20.6. The van der Waals surface area contributed by atoms with Gasteiger partial charge in [-0.2, -0.15) is 0 Å². The van der Waals surface area contributed by atoms with Gasteiger partial charge in [-0.05, 0) is 47.9 Å². The van der Waals surface area contributed by atoms with Gasteiger partial charge in [0.2, 0.25) is 5.88 Å². The van der Waals surface area contributed by atoms with E-state index in [9.17, 15) is 8.42 Å². The molecule has 1 N–H and O–H groups in total. The van der Waals surface area contributed by atoms with Crippen LogP contribution in [0, 0.1) is 0 Å². The number of hydrogen-bond donors (Lipinski definition) is 1. The van der Waals surface area contributed by atoms with Gasteiger partial charge in [0.25, 0.3) is 10.0 Å². The molecular weight excluding hydrogens is 476 g/mol. The van der Waals surface area contributed by atoms with Gasteiger partial charge in [-0.3, -0.25) is 4.72 Å². The molecule has 0 atom stereocenters. The van der Waals surface area contributed by atoms with E-state index in [2.05, 4.69) is 30.5 Å². The Bertz CT molecular complexity index is 1460. The molecule has 1 heterocycles. The standard InChI is InChI=1S/C28H28N2O5S/c1-28(2,3)22-13-5-6-15-24(22)35-27-23(14-10-18-29-27)30-36(31,32)21-12-9-11-20(19-21)34-26-17-8-7-16-25(26)33-4/h5-19,30H,1-4H3. The predicted octanol–water partition coefficient (Wildman–Crippen LogP) is 6.77. The third kappa shape index (κ3) is 5.78. The number of para-hydroxylation sites is 3. The van der Waals surface area contributed by atoms with Crippen LogP contribution in [0.1, 0.15) is 26.3 Å². The normalized spacial score (nSPS) is 11.6. The molecular formula is C28H28N2O5S. The van der Waals surface area contributed by atoms with Gasteiger partial charge in [0, 0.05) is 17.8 Å². The number of benzene rings is 3. The monoisotopic (exact) mass is 504 g/mol. The number of hydrogen-bond acceptors (Lipinski definition) is 6. The van der Waals surface area contributed by atoms with Crippen molar-refractivity contribution in [3.05, 3.63) is 96.7 Å². The van der Waals surface area contributed by atoms with Crippen molar-refractivity contribution in [3.63, 3.8) is 0 Å². The Balaban J connectivity index is 1.61. The summed E-state index contributed by atoms with van der Waals surface area (Å²) in [6.45, 7) is 6.24. The summed E-state index contributed by atoms with van der Waals surface area (Å²) >= 11 is 0. The molecule has 7 nitrogen and oxygen atoms in total. The molecule has 0 aliphatic rings. The summed E-state index contributed by atoms with van der Waals surface area (Å²) in [4.78, 5) is 4.31.